The highest BCUT2D eigenvalue weighted by molar-refractivity contribution is 6.31. The zero-order valence-electron chi connectivity index (χ0n) is 19.9. The molecular weight excluding hydrogens is 511 g/mol. The predicted molar refractivity (Wildman–Crippen MR) is 131 cm³/mol. The Morgan fingerprint density at radius 1 is 1.25 bits per heavy atom. The molecule has 36 heavy (non-hydrogen) atoms. The van der Waals surface area contributed by atoms with Crippen molar-refractivity contribution in [2.24, 2.45) is 5.41 Å². The number of carboxylic acid groups (broad SMARTS) is 1. The second-order valence-electron chi connectivity index (χ2n) is 10.5. The van der Waals surface area contributed by atoms with E-state index < -0.39 is 53.5 Å². The fourth-order valence-corrected chi connectivity index (χ4v) is 6.07. The van der Waals surface area contributed by atoms with Crippen molar-refractivity contribution in [2.75, 3.05) is 13.2 Å². The van der Waals surface area contributed by atoms with Crippen LogP contribution < -0.4 is 0 Å². The lowest BCUT2D eigenvalue weighted by molar-refractivity contribution is -0.143. The van der Waals surface area contributed by atoms with Crippen molar-refractivity contribution in [1.82, 2.24) is 9.80 Å². The number of nitrogens with zero attached hydrogens (tertiary/aromatic N) is 3. The molecule has 190 valence electrons. The molecule has 0 spiro atoms. The molecule has 0 bridgehead atoms. The second-order valence-corrected chi connectivity index (χ2v) is 11.4. The number of carbonyl (C=O) groups excluding carboxylic acids is 1. The van der Waals surface area contributed by atoms with Crippen LogP contribution in [0.3, 0.4) is 0 Å². The summed E-state index contributed by atoms with van der Waals surface area (Å²) in [5, 5.41) is 20.1. The topological polar surface area (TPSA) is 84.6 Å². The van der Waals surface area contributed by atoms with E-state index in [-0.39, 0.29) is 33.3 Å². The number of carboxylic acids is 1. The van der Waals surface area contributed by atoms with E-state index in [1.165, 1.54) is 30.3 Å². The van der Waals surface area contributed by atoms with Crippen LogP contribution in [0.2, 0.25) is 10.0 Å². The fraction of sp³-hybridized carbons (Fsp3) is 0.423. The maximum atomic E-state index is 15.6. The largest absolute Gasteiger partial charge is 0.480 e. The minimum Gasteiger partial charge on any atom is -0.480 e. The Balaban J connectivity index is 2.05. The van der Waals surface area contributed by atoms with Gasteiger partial charge < -0.3 is 10.0 Å². The number of fused-ring (bicyclic) bond motifs is 1. The van der Waals surface area contributed by atoms with E-state index >= 15 is 8.78 Å². The van der Waals surface area contributed by atoms with Gasteiger partial charge in [0, 0.05) is 22.5 Å². The van der Waals surface area contributed by atoms with Crippen molar-refractivity contribution in [1.29, 1.82) is 5.26 Å². The van der Waals surface area contributed by atoms with Crippen LogP contribution in [0.25, 0.3) is 0 Å². The van der Waals surface area contributed by atoms with Gasteiger partial charge in [0.05, 0.1) is 17.8 Å². The maximum Gasteiger partial charge on any atom is 0.323 e. The summed E-state index contributed by atoms with van der Waals surface area (Å²) in [5.74, 6) is -4.48. The molecule has 2 aliphatic rings. The molecule has 0 saturated carbocycles. The summed E-state index contributed by atoms with van der Waals surface area (Å²) < 4.78 is 31.2. The number of nitriles is 1. The number of aliphatic carboxylic acids is 1. The van der Waals surface area contributed by atoms with Gasteiger partial charge >= 0.3 is 5.97 Å². The molecule has 4 rings (SSSR count). The fourth-order valence-electron chi connectivity index (χ4n) is 5.73. The van der Waals surface area contributed by atoms with Crippen LogP contribution in [0.15, 0.2) is 36.4 Å². The smallest absolute Gasteiger partial charge is 0.323 e. The molecule has 0 radical (unpaired) electrons. The zero-order chi connectivity index (χ0) is 26.6. The van der Waals surface area contributed by atoms with Crippen LogP contribution >= 0.6 is 23.2 Å². The van der Waals surface area contributed by atoms with Gasteiger partial charge in [0.15, 0.2) is 0 Å². The number of hydrogen-bond acceptors (Lipinski definition) is 4. The van der Waals surface area contributed by atoms with E-state index in [4.69, 9.17) is 23.2 Å². The molecule has 0 aliphatic carbocycles. The van der Waals surface area contributed by atoms with E-state index in [1.807, 2.05) is 20.8 Å². The van der Waals surface area contributed by atoms with E-state index in [0.717, 1.165) is 11.0 Å². The molecule has 2 aromatic rings. The molecule has 0 aromatic heterocycles. The Bertz CT molecular complexity index is 1280. The number of halogens is 4. The molecule has 1 N–H and O–H groups in total. The van der Waals surface area contributed by atoms with Crippen LogP contribution in [0, 0.1) is 28.4 Å². The third-order valence-electron chi connectivity index (χ3n) is 7.00. The van der Waals surface area contributed by atoms with Crippen molar-refractivity contribution >= 4 is 35.1 Å². The van der Waals surface area contributed by atoms with Crippen LogP contribution in [-0.2, 0) is 15.0 Å². The Morgan fingerprint density at radius 3 is 2.53 bits per heavy atom. The molecule has 1 amide bonds. The first-order valence-electron chi connectivity index (χ1n) is 11.4. The van der Waals surface area contributed by atoms with Gasteiger partial charge in [0.2, 0.25) is 5.91 Å². The third-order valence-corrected chi connectivity index (χ3v) is 7.53. The lowest BCUT2D eigenvalue weighted by Crippen LogP contribution is -2.48. The summed E-state index contributed by atoms with van der Waals surface area (Å²) in [6.07, 6.45) is 0.339. The summed E-state index contributed by atoms with van der Waals surface area (Å²) in [4.78, 5) is 28.0. The molecule has 2 fully saturated rings. The number of carbonyl (C=O) groups is 2. The Morgan fingerprint density at radius 2 is 1.94 bits per heavy atom. The average Bonchev–Trinajstić information content (AvgIpc) is 3.21. The van der Waals surface area contributed by atoms with Crippen molar-refractivity contribution in [2.45, 2.75) is 50.6 Å². The second kappa shape index (κ2) is 9.29. The highest BCUT2D eigenvalue weighted by Crippen LogP contribution is 2.58. The van der Waals surface area contributed by atoms with E-state index in [2.05, 4.69) is 6.07 Å². The highest BCUT2D eigenvalue weighted by atomic mass is 35.5. The van der Waals surface area contributed by atoms with Gasteiger partial charge in [-0.25, -0.2) is 8.78 Å². The lowest BCUT2D eigenvalue weighted by Gasteiger charge is -2.40. The van der Waals surface area contributed by atoms with E-state index in [9.17, 15) is 20.0 Å². The Kier molecular flexibility index (Phi) is 6.80. The van der Waals surface area contributed by atoms with Crippen LogP contribution in [-0.4, -0.2) is 52.1 Å². The summed E-state index contributed by atoms with van der Waals surface area (Å²) in [7, 11) is 0. The van der Waals surface area contributed by atoms with Gasteiger partial charge in [0.1, 0.15) is 29.6 Å². The minimum atomic E-state index is -1.71. The molecular formula is C26H25Cl2F2N3O3. The SMILES string of the molecule is CC(C)(C)C[C@@H]1N2CN(CC(=O)O)C(=O)[C@H]2[C@H](c2cccc(Cl)c2F)[C@@]1(C#N)c1ccc(Cl)cc1F. The monoisotopic (exact) mass is 535 g/mol. The Labute approximate surface area is 218 Å². The molecule has 10 heteroatoms. The van der Waals surface area contributed by atoms with Gasteiger partial charge in [-0.2, -0.15) is 5.26 Å². The number of rotatable bonds is 5. The van der Waals surface area contributed by atoms with Crippen molar-refractivity contribution in [3.8, 4) is 6.07 Å². The highest BCUT2D eigenvalue weighted by Gasteiger charge is 2.67. The summed E-state index contributed by atoms with van der Waals surface area (Å²) in [6.45, 7) is 5.20. The van der Waals surface area contributed by atoms with Crippen molar-refractivity contribution in [3.05, 3.63) is 69.2 Å². The predicted octanol–water partition coefficient (Wildman–Crippen LogP) is 5.19. The lowest BCUT2D eigenvalue weighted by atomic mass is 9.62. The van der Waals surface area contributed by atoms with Crippen molar-refractivity contribution < 1.29 is 23.5 Å². The number of hydrogen-bond donors (Lipinski definition) is 1. The van der Waals surface area contributed by atoms with Crippen molar-refractivity contribution in [3.63, 3.8) is 0 Å². The minimum absolute atomic E-state index is 0.00000934. The third kappa shape index (κ3) is 4.23. The van der Waals surface area contributed by atoms with Gasteiger partial charge in [-0.1, -0.05) is 62.2 Å². The molecule has 2 heterocycles. The molecule has 2 aromatic carbocycles. The quantitative estimate of drug-likeness (QED) is 0.569. The summed E-state index contributed by atoms with van der Waals surface area (Å²) in [6, 6.07) is 8.72. The number of benzene rings is 2. The zero-order valence-corrected chi connectivity index (χ0v) is 21.4. The van der Waals surface area contributed by atoms with Gasteiger partial charge in [-0.3, -0.25) is 14.5 Å². The molecule has 4 atom stereocenters. The average molecular weight is 536 g/mol. The van der Waals surface area contributed by atoms with Gasteiger partial charge in [-0.15, -0.1) is 0 Å². The Hall–Kier alpha value is -2.73. The molecule has 2 aliphatic heterocycles. The maximum absolute atomic E-state index is 15.6. The first-order chi connectivity index (χ1) is 16.8. The van der Waals surface area contributed by atoms with Crippen LogP contribution in [0.5, 0.6) is 0 Å². The van der Waals surface area contributed by atoms with E-state index in [1.54, 1.807) is 4.90 Å². The standard InChI is InChI=1S/C26H25Cl2F2N3O3/c1-25(2,3)10-19-26(12-31,16-8-7-14(27)9-18(16)29)21(15-5-4-6-17(28)22(15)30)23-24(36)32(11-20(34)35)13-33(19)23/h4-9,19,21,23H,10-11,13H2,1-3H3,(H,34,35)/t19-,21-,23+,26-/m0/s1. The molecule has 0 unspecified atom stereocenters. The first kappa shape index (κ1) is 26.3. The van der Waals surface area contributed by atoms with Gasteiger partial charge in [0.25, 0.3) is 0 Å². The number of amides is 1. The first-order valence-corrected chi connectivity index (χ1v) is 12.1. The normalized spacial score (nSPS) is 26.2. The van der Waals surface area contributed by atoms with Gasteiger partial charge in [-0.05, 0) is 35.6 Å². The molecule has 2 saturated heterocycles. The summed E-state index contributed by atoms with van der Waals surface area (Å²) >= 11 is 12.1. The summed E-state index contributed by atoms with van der Waals surface area (Å²) in [5.41, 5.74) is -2.09. The van der Waals surface area contributed by atoms with Crippen LogP contribution in [0.4, 0.5) is 8.78 Å². The van der Waals surface area contributed by atoms with Crippen LogP contribution in [0.1, 0.15) is 44.2 Å². The molecule has 6 nitrogen and oxygen atoms in total. The van der Waals surface area contributed by atoms with E-state index in [0.29, 0.717) is 6.42 Å².